The Labute approximate surface area is 293 Å². The van der Waals surface area contributed by atoms with Crippen molar-refractivity contribution in [1.29, 1.82) is 0 Å². The number of nitrogens with zero attached hydrogens (tertiary/aromatic N) is 2. The van der Waals surface area contributed by atoms with E-state index in [1.807, 2.05) is 18.2 Å². The number of aromatic nitrogens is 2. The molecule has 51 heavy (non-hydrogen) atoms. The van der Waals surface area contributed by atoms with Gasteiger partial charge in [0.05, 0.1) is 22.4 Å². The van der Waals surface area contributed by atoms with Gasteiger partial charge in [-0.25, -0.2) is 9.97 Å². The van der Waals surface area contributed by atoms with Gasteiger partial charge >= 0.3 is 0 Å². The molecule has 3 nitrogen and oxygen atoms in total. The van der Waals surface area contributed by atoms with Crippen molar-refractivity contribution in [2.45, 2.75) is 0 Å². The molecular formula is C48H28N2O. The molecule has 0 aliphatic rings. The third-order valence-electron chi connectivity index (χ3n) is 10.4. The molecule has 8 aromatic carbocycles. The number of benzene rings is 8. The highest BCUT2D eigenvalue weighted by Gasteiger charge is 2.16. The Kier molecular flexibility index (Phi) is 5.96. The molecule has 0 atom stereocenters. The normalized spacial score (nSPS) is 11.9. The number of para-hydroxylation sites is 1. The lowest BCUT2D eigenvalue weighted by Gasteiger charge is -2.15. The van der Waals surface area contributed by atoms with Gasteiger partial charge in [-0.3, -0.25) is 0 Å². The van der Waals surface area contributed by atoms with E-state index in [9.17, 15) is 0 Å². The van der Waals surface area contributed by atoms with Crippen LogP contribution in [0.3, 0.4) is 0 Å². The quantitative estimate of drug-likeness (QED) is 0.141. The SMILES string of the molecule is c1ccc(-c2ccc3ccc4ccc(-c5ccc(-c6ccc7c(ccc8c9ccccc9oc78)c6)c6cc7ccccc7cc56)nc4c3n2)cc1. The summed E-state index contributed by atoms with van der Waals surface area (Å²) in [6, 6.07) is 60.4. The first-order chi connectivity index (χ1) is 25.2. The first-order valence-electron chi connectivity index (χ1n) is 17.3. The number of hydrogen-bond acceptors (Lipinski definition) is 3. The zero-order valence-electron chi connectivity index (χ0n) is 27.5. The molecule has 3 heterocycles. The van der Waals surface area contributed by atoms with Crippen LogP contribution in [0.2, 0.25) is 0 Å². The summed E-state index contributed by atoms with van der Waals surface area (Å²) < 4.78 is 6.37. The fourth-order valence-corrected chi connectivity index (χ4v) is 7.87. The Bertz CT molecular complexity index is 3190. The molecule has 0 bridgehead atoms. The Balaban J connectivity index is 1.12. The predicted octanol–water partition coefficient (Wildman–Crippen LogP) is 13.1. The lowest BCUT2D eigenvalue weighted by atomic mass is 9.90. The third-order valence-corrected chi connectivity index (χ3v) is 10.4. The minimum Gasteiger partial charge on any atom is -0.455 e. The summed E-state index contributed by atoms with van der Waals surface area (Å²) in [6.07, 6.45) is 0. The number of hydrogen-bond donors (Lipinski definition) is 0. The van der Waals surface area contributed by atoms with E-state index >= 15 is 0 Å². The molecule has 3 aromatic heterocycles. The van der Waals surface area contributed by atoms with Crippen LogP contribution < -0.4 is 0 Å². The Morgan fingerprint density at radius 1 is 0.333 bits per heavy atom. The number of pyridine rings is 2. The van der Waals surface area contributed by atoms with Crippen molar-refractivity contribution in [2.75, 3.05) is 0 Å². The standard InChI is InChI=1S/C48H28N2O/c1-2-8-29(9-3-1)43-24-18-30-14-15-31-19-25-44(50-47(31)46(30)49-43)38-23-22-36(41-27-32-10-4-5-11-33(32)28-42(38)41)34-16-20-37-35(26-34)17-21-40-39-12-6-7-13-45(39)51-48(37)40/h1-28H. The van der Waals surface area contributed by atoms with Gasteiger partial charge in [0.2, 0.25) is 0 Å². The molecule has 0 N–H and O–H groups in total. The van der Waals surface area contributed by atoms with Crippen LogP contribution in [0.4, 0.5) is 0 Å². The summed E-state index contributed by atoms with van der Waals surface area (Å²) in [5.41, 5.74) is 10.1. The zero-order chi connectivity index (χ0) is 33.5. The van der Waals surface area contributed by atoms with Crippen LogP contribution in [0.25, 0.3) is 110 Å². The van der Waals surface area contributed by atoms with Crippen molar-refractivity contribution >= 4 is 76.1 Å². The van der Waals surface area contributed by atoms with Gasteiger partial charge in [0, 0.05) is 38.1 Å². The monoisotopic (exact) mass is 648 g/mol. The average molecular weight is 649 g/mol. The lowest BCUT2D eigenvalue weighted by molar-refractivity contribution is 0.672. The van der Waals surface area contributed by atoms with Crippen LogP contribution in [0.1, 0.15) is 0 Å². The number of rotatable bonds is 3. The van der Waals surface area contributed by atoms with E-state index in [4.69, 9.17) is 14.4 Å². The molecule has 11 rings (SSSR count). The van der Waals surface area contributed by atoms with Gasteiger partial charge in [0.15, 0.2) is 0 Å². The second-order valence-electron chi connectivity index (χ2n) is 13.4. The maximum absolute atomic E-state index is 6.37. The minimum absolute atomic E-state index is 0.909. The molecule has 0 unspecified atom stereocenters. The summed E-state index contributed by atoms with van der Waals surface area (Å²) in [4.78, 5) is 10.5. The van der Waals surface area contributed by atoms with E-state index in [2.05, 4.69) is 152 Å². The third kappa shape index (κ3) is 4.38. The predicted molar refractivity (Wildman–Crippen MR) is 213 cm³/mol. The van der Waals surface area contributed by atoms with Crippen molar-refractivity contribution in [2.24, 2.45) is 0 Å². The molecule has 0 aliphatic heterocycles. The molecule has 0 amide bonds. The summed E-state index contributed by atoms with van der Waals surface area (Å²) in [5.74, 6) is 0. The molecule has 0 radical (unpaired) electrons. The molecule has 3 heteroatoms. The highest BCUT2D eigenvalue weighted by Crippen LogP contribution is 2.41. The van der Waals surface area contributed by atoms with E-state index in [1.54, 1.807) is 0 Å². The molecule has 11 aromatic rings. The van der Waals surface area contributed by atoms with Crippen LogP contribution >= 0.6 is 0 Å². The molecule has 236 valence electrons. The zero-order valence-corrected chi connectivity index (χ0v) is 27.5. The second kappa shape index (κ2) is 10.8. The fraction of sp³-hybridized carbons (Fsp3) is 0. The van der Waals surface area contributed by atoms with Gasteiger partial charge in [-0.15, -0.1) is 0 Å². The van der Waals surface area contributed by atoms with Crippen molar-refractivity contribution in [3.63, 3.8) is 0 Å². The van der Waals surface area contributed by atoms with Crippen molar-refractivity contribution in [3.05, 3.63) is 170 Å². The van der Waals surface area contributed by atoms with Crippen molar-refractivity contribution < 1.29 is 4.42 Å². The molecule has 0 saturated carbocycles. The maximum atomic E-state index is 6.37. The van der Waals surface area contributed by atoms with Crippen LogP contribution in [0, 0.1) is 0 Å². The Hall–Kier alpha value is -6.84. The van der Waals surface area contributed by atoms with Gasteiger partial charge < -0.3 is 4.42 Å². The van der Waals surface area contributed by atoms with Crippen molar-refractivity contribution in [1.82, 2.24) is 9.97 Å². The highest BCUT2D eigenvalue weighted by molar-refractivity contribution is 6.16. The highest BCUT2D eigenvalue weighted by atomic mass is 16.3. The summed E-state index contributed by atoms with van der Waals surface area (Å²) in [7, 11) is 0. The van der Waals surface area contributed by atoms with Gasteiger partial charge in [0.25, 0.3) is 0 Å². The number of furan rings is 1. The van der Waals surface area contributed by atoms with E-state index in [0.29, 0.717) is 0 Å². The second-order valence-corrected chi connectivity index (χ2v) is 13.4. The van der Waals surface area contributed by atoms with Gasteiger partial charge in [-0.1, -0.05) is 121 Å². The van der Waals surface area contributed by atoms with E-state index in [0.717, 1.165) is 77.0 Å². The van der Waals surface area contributed by atoms with E-state index in [1.165, 1.54) is 32.7 Å². The van der Waals surface area contributed by atoms with Crippen LogP contribution in [0.5, 0.6) is 0 Å². The van der Waals surface area contributed by atoms with Crippen LogP contribution in [0.15, 0.2) is 174 Å². The first-order valence-corrected chi connectivity index (χ1v) is 17.3. The van der Waals surface area contributed by atoms with Crippen molar-refractivity contribution in [3.8, 4) is 33.6 Å². The summed E-state index contributed by atoms with van der Waals surface area (Å²) >= 11 is 0. The van der Waals surface area contributed by atoms with Gasteiger partial charge in [-0.05, 0) is 86.6 Å². The molecule has 0 spiro atoms. The van der Waals surface area contributed by atoms with Gasteiger partial charge in [0.1, 0.15) is 11.2 Å². The van der Waals surface area contributed by atoms with E-state index < -0.39 is 0 Å². The Morgan fingerprint density at radius 2 is 0.941 bits per heavy atom. The molecule has 0 aliphatic carbocycles. The smallest absolute Gasteiger partial charge is 0.143 e. The molecule has 0 saturated heterocycles. The molecular weight excluding hydrogens is 621 g/mol. The topological polar surface area (TPSA) is 38.9 Å². The van der Waals surface area contributed by atoms with Crippen LogP contribution in [-0.2, 0) is 0 Å². The number of fused-ring (bicyclic) bond motifs is 10. The van der Waals surface area contributed by atoms with Gasteiger partial charge in [-0.2, -0.15) is 0 Å². The summed E-state index contributed by atoms with van der Waals surface area (Å²) in [5, 5.41) is 11.5. The Morgan fingerprint density at radius 3 is 1.75 bits per heavy atom. The average Bonchev–Trinajstić information content (AvgIpc) is 3.58. The van der Waals surface area contributed by atoms with Crippen LogP contribution in [-0.4, -0.2) is 9.97 Å². The summed E-state index contributed by atoms with van der Waals surface area (Å²) in [6.45, 7) is 0. The largest absolute Gasteiger partial charge is 0.455 e. The fourth-order valence-electron chi connectivity index (χ4n) is 7.87. The van der Waals surface area contributed by atoms with E-state index in [-0.39, 0.29) is 0 Å². The molecule has 0 fully saturated rings. The first kappa shape index (κ1) is 28.0. The minimum atomic E-state index is 0.909. The lowest BCUT2D eigenvalue weighted by Crippen LogP contribution is -1.92. The maximum Gasteiger partial charge on any atom is 0.143 e.